The lowest BCUT2D eigenvalue weighted by atomic mass is 10.2. The Morgan fingerprint density at radius 3 is 2.64 bits per heavy atom. The molecule has 0 saturated carbocycles. The van der Waals surface area contributed by atoms with Crippen LogP contribution in [0.1, 0.15) is 11.1 Å². The number of rotatable bonds is 6. The molecule has 0 unspecified atom stereocenters. The minimum Gasteiger partial charge on any atom is -0.272 e. The van der Waals surface area contributed by atoms with E-state index in [-0.39, 0.29) is 17.2 Å². The molecule has 0 aliphatic heterocycles. The SMILES string of the molecule is Cc1ccccc1-n1c(SCC(=O)N/N=C/c2ccc(Cl)c(Cl)c2)nc2ccccc2c1=O. The Labute approximate surface area is 204 Å². The molecule has 33 heavy (non-hydrogen) atoms. The number of amides is 1. The molecule has 0 bridgehead atoms. The van der Waals surface area contributed by atoms with Gasteiger partial charge in [-0.25, -0.2) is 10.4 Å². The third-order valence-corrected chi connectivity index (χ3v) is 6.46. The van der Waals surface area contributed by atoms with E-state index < -0.39 is 0 Å². The van der Waals surface area contributed by atoms with Crippen molar-refractivity contribution in [1.82, 2.24) is 15.0 Å². The number of fused-ring (bicyclic) bond motifs is 1. The zero-order valence-corrected chi connectivity index (χ0v) is 19.8. The summed E-state index contributed by atoms with van der Waals surface area (Å²) in [5.41, 5.74) is 5.21. The first kappa shape index (κ1) is 23.0. The van der Waals surface area contributed by atoms with Gasteiger partial charge in [-0.3, -0.25) is 14.2 Å². The number of hydrogen-bond acceptors (Lipinski definition) is 5. The fourth-order valence-electron chi connectivity index (χ4n) is 3.17. The Balaban J connectivity index is 1.56. The number of aromatic nitrogens is 2. The number of carbonyl (C=O) groups is 1. The first-order valence-corrected chi connectivity index (χ1v) is 11.7. The van der Waals surface area contributed by atoms with Gasteiger partial charge in [-0.15, -0.1) is 0 Å². The van der Waals surface area contributed by atoms with E-state index in [4.69, 9.17) is 23.2 Å². The molecule has 0 radical (unpaired) electrons. The van der Waals surface area contributed by atoms with Gasteiger partial charge >= 0.3 is 0 Å². The van der Waals surface area contributed by atoms with E-state index >= 15 is 0 Å². The van der Waals surface area contributed by atoms with Crippen LogP contribution in [0.5, 0.6) is 0 Å². The molecule has 1 aromatic heterocycles. The Morgan fingerprint density at radius 1 is 1.09 bits per heavy atom. The second kappa shape index (κ2) is 10.2. The van der Waals surface area contributed by atoms with Gasteiger partial charge in [0, 0.05) is 0 Å². The lowest BCUT2D eigenvalue weighted by molar-refractivity contribution is -0.118. The lowest BCUT2D eigenvalue weighted by Gasteiger charge is -2.14. The quantitative estimate of drug-likeness (QED) is 0.171. The molecule has 0 atom stereocenters. The van der Waals surface area contributed by atoms with Gasteiger partial charge in [0.15, 0.2) is 5.16 Å². The van der Waals surface area contributed by atoms with Gasteiger partial charge in [0.25, 0.3) is 11.5 Å². The van der Waals surface area contributed by atoms with Crippen LogP contribution in [-0.4, -0.2) is 27.4 Å². The van der Waals surface area contributed by atoms with E-state index in [1.807, 2.05) is 37.3 Å². The average Bonchev–Trinajstić information content (AvgIpc) is 2.81. The number of benzene rings is 3. The zero-order valence-electron chi connectivity index (χ0n) is 17.5. The summed E-state index contributed by atoms with van der Waals surface area (Å²) in [6, 6.07) is 19.8. The molecule has 166 valence electrons. The first-order chi connectivity index (χ1) is 15.9. The highest BCUT2D eigenvalue weighted by molar-refractivity contribution is 7.99. The summed E-state index contributed by atoms with van der Waals surface area (Å²) in [5.74, 6) is -0.315. The highest BCUT2D eigenvalue weighted by Crippen LogP contribution is 2.23. The number of halogens is 2. The number of hydrazone groups is 1. The minimum atomic E-state index is -0.338. The van der Waals surface area contributed by atoms with Crippen LogP contribution >= 0.6 is 35.0 Å². The summed E-state index contributed by atoms with van der Waals surface area (Å²) in [4.78, 5) is 30.3. The van der Waals surface area contributed by atoms with Crippen molar-refractivity contribution in [3.8, 4) is 5.69 Å². The van der Waals surface area contributed by atoms with Crippen molar-refractivity contribution in [2.45, 2.75) is 12.1 Å². The van der Waals surface area contributed by atoms with Gasteiger partial charge in [-0.05, 0) is 48.4 Å². The number of carbonyl (C=O) groups excluding carboxylic acids is 1. The van der Waals surface area contributed by atoms with E-state index in [1.54, 1.807) is 41.0 Å². The monoisotopic (exact) mass is 496 g/mol. The molecule has 1 N–H and O–H groups in total. The van der Waals surface area contributed by atoms with Crippen molar-refractivity contribution in [2.75, 3.05) is 5.75 Å². The molecule has 0 aliphatic carbocycles. The Hall–Kier alpha value is -3.13. The van der Waals surface area contributed by atoms with E-state index in [1.165, 1.54) is 18.0 Å². The Morgan fingerprint density at radius 2 is 1.85 bits per heavy atom. The van der Waals surface area contributed by atoms with Crippen LogP contribution in [0.25, 0.3) is 16.6 Å². The smallest absolute Gasteiger partial charge is 0.266 e. The maximum Gasteiger partial charge on any atom is 0.266 e. The molecule has 0 fully saturated rings. The van der Waals surface area contributed by atoms with Crippen LogP contribution in [0.15, 0.2) is 81.8 Å². The third-order valence-electron chi connectivity index (χ3n) is 4.78. The molecule has 9 heteroatoms. The standard InChI is InChI=1S/C24H18Cl2N4O2S/c1-15-6-2-5-9-21(15)30-23(32)17-7-3-4-8-20(17)28-24(30)33-14-22(31)29-27-13-16-10-11-18(25)19(26)12-16/h2-13H,14H2,1H3,(H,29,31)/b27-13+. The van der Waals surface area contributed by atoms with Crippen LogP contribution in [0.3, 0.4) is 0 Å². The summed E-state index contributed by atoms with van der Waals surface area (Å²) in [5, 5.41) is 5.74. The molecule has 1 heterocycles. The lowest BCUT2D eigenvalue weighted by Crippen LogP contribution is -2.24. The molecule has 6 nitrogen and oxygen atoms in total. The van der Waals surface area contributed by atoms with E-state index in [9.17, 15) is 9.59 Å². The van der Waals surface area contributed by atoms with Crippen molar-refractivity contribution in [1.29, 1.82) is 0 Å². The molecular weight excluding hydrogens is 479 g/mol. The van der Waals surface area contributed by atoms with Gasteiger partial charge in [0.2, 0.25) is 0 Å². The summed E-state index contributed by atoms with van der Waals surface area (Å²) >= 11 is 13.0. The first-order valence-electron chi connectivity index (χ1n) is 9.91. The van der Waals surface area contributed by atoms with Crippen molar-refractivity contribution in [2.24, 2.45) is 5.10 Å². The topological polar surface area (TPSA) is 76.3 Å². The number of para-hydroxylation sites is 2. The maximum atomic E-state index is 13.3. The van der Waals surface area contributed by atoms with Crippen molar-refractivity contribution < 1.29 is 4.79 Å². The van der Waals surface area contributed by atoms with Crippen LogP contribution in [0, 0.1) is 6.92 Å². The number of aryl methyl sites for hydroxylation is 1. The van der Waals surface area contributed by atoms with Gasteiger partial charge in [0.1, 0.15) is 0 Å². The highest BCUT2D eigenvalue weighted by Gasteiger charge is 2.15. The average molecular weight is 497 g/mol. The second-order valence-corrected chi connectivity index (χ2v) is 8.85. The minimum absolute atomic E-state index is 0.0232. The Bertz CT molecular complexity index is 1440. The Kier molecular flexibility index (Phi) is 7.13. The van der Waals surface area contributed by atoms with E-state index in [0.717, 1.165) is 11.3 Å². The summed E-state index contributed by atoms with van der Waals surface area (Å²) in [6.45, 7) is 1.93. The zero-order chi connectivity index (χ0) is 23.4. The van der Waals surface area contributed by atoms with Crippen molar-refractivity contribution in [3.05, 3.63) is 98.3 Å². The van der Waals surface area contributed by atoms with Crippen molar-refractivity contribution >= 4 is 58.0 Å². The fourth-order valence-corrected chi connectivity index (χ4v) is 4.27. The normalized spacial score (nSPS) is 11.2. The molecule has 0 spiro atoms. The molecule has 0 aliphatic rings. The van der Waals surface area contributed by atoms with Gasteiger partial charge < -0.3 is 0 Å². The second-order valence-electron chi connectivity index (χ2n) is 7.09. The third kappa shape index (κ3) is 5.27. The molecular formula is C24H18Cl2N4O2S. The van der Waals surface area contributed by atoms with E-state index in [2.05, 4.69) is 15.5 Å². The van der Waals surface area contributed by atoms with Crippen LogP contribution in [0.2, 0.25) is 10.0 Å². The van der Waals surface area contributed by atoms with Gasteiger partial charge in [-0.2, -0.15) is 5.10 Å². The summed E-state index contributed by atoms with van der Waals surface area (Å²) < 4.78 is 1.55. The molecule has 0 saturated heterocycles. The number of hydrogen-bond donors (Lipinski definition) is 1. The summed E-state index contributed by atoms with van der Waals surface area (Å²) in [7, 11) is 0. The molecule has 3 aromatic carbocycles. The number of thioether (sulfide) groups is 1. The predicted molar refractivity (Wildman–Crippen MR) is 135 cm³/mol. The largest absolute Gasteiger partial charge is 0.272 e. The molecule has 4 rings (SSSR count). The highest BCUT2D eigenvalue weighted by atomic mass is 35.5. The van der Waals surface area contributed by atoms with Crippen LogP contribution in [-0.2, 0) is 4.79 Å². The van der Waals surface area contributed by atoms with Crippen LogP contribution in [0.4, 0.5) is 0 Å². The predicted octanol–water partition coefficient (Wildman–Crippen LogP) is 5.24. The van der Waals surface area contributed by atoms with Gasteiger partial charge in [-0.1, -0.05) is 71.4 Å². The number of nitrogens with zero attached hydrogens (tertiary/aromatic N) is 3. The van der Waals surface area contributed by atoms with Crippen LogP contribution < -0.4 is 11.0 Å². The van der Waals surface area contributed by atoms with Gasteiger partial charge in [0.05, 0.1) is 38.6 Å². The maximum absolute atomic E-state index is 13.3. The molecule has 4 aromatic rings. The van der Waals surface area contributed by atoms with E-state index in [0.29, 0.717) is 31.7 Å². The number of nitrogens with one attached hydrogen (secondary N) is 1. The fraction of sp³-hybridized carbons (Fsp3) is 0.0833. The van der Waals surface area contributed by atoms with Crippen molar-refractivity contribution in [3.63, 3.8) is 0 Å². The summed E-state index contributed by atoms with van der Waals surface area (Å²) in [6.07, 6.45) is 1.47. The molecule has 1 amide bonds.